The second-order valence-electron chi connectivity index (χ2n) is 13.3. The van der Waals surface area contributed by atoms with Crippen LogP contribution in [0.2, 0.25) is 0 Å². The first-order valence-electron chi connectivity index (χ1n) is 16.1. The number of Topliss-reactive ketones (excluding diaryl/α,β-unsaturated/α-hetero) is 1. The molecular formula is C36H52O4. The molecule has 3 saturated carbocycles. The maximum absolute atomic E-state index is 12.0. The number of ether oxygens (including phenoxy) is 3. The highest BCUT2D eigenvalue weighted by Gasteiger charge is 2.60. The normalized spacial score (nSPS) is 36.1. The summed E-state index contributed by atoms with van der Waals surface area (Å²) in [6, 6.07) is 8.53. The molecule has 1 aliphatic heterocycles. The molecule has 1 aromatic rings. The summed E-state index contributed by atoms with van der Waals surface area (Å²) in [6.45, 7) is 17.0. The van der Waals surface area contributed by atoms with E-state index in [0.717, 1.165) is 70.3 Å². The van der Waals surface area contributed by atoms with Gasteiger partial charge >= 0.3 is 0 Å². The Morgan fingerprint density at radius 1 is 1.02 bits per heavy atom. The van der Waals surface area contributed by atoms with E-state index in [1.54, 1.807) is 18.1 Å². The fourth-order valence-electron chi connectivity index (χ4n) is 9.47. The first-order chi connectivity index (χ1) is 19.3. The van der Waals surface area contributed by atoms with E-state index in [2.05, 4.69) is 32.6 Å². The van der Waals surface area contributed by atoms with Crippen LogP contribution in [0.5, 0.6) is 0 Å². The average molecular weight is 549 g/mol. The van der Waals surface area contributed by atoms with Gasteiger partial charge in [0.2, 0.25) is 0 Å². The lowest BCUT2D eigenvalue weighted by Crippen LogP contribution is -2.45. The largest absolute Gasteiger partial charge is 0.377 e. The second-order valence-corrected chi connectivity index (χ2v) is 13.3. The van der Waals surface area contributed by atoms with Crippen molar-refractivity contribution in [2.24, 2.45) is 22.7 Å². The maximum atomic E-state index is 12.0. The molecule has 1 spiro atoms. The van der Waals surface area contributed by atoms with Crippen LogP contribution in [-0.4, -0.2) is 37.5 Å². The van der Waals surface area contributed by atoms with Gasteiger partial charge in [-0.2, -0.15) is 0 Å². The fourth-order valence-corrected chi connectivity index (χ4v) is 9.47. The van der Waals surface area contributed by atoms with E-state index in [1.807, 2.05) is 32.1 Å². The number of carbonyl (C=O) groups excluding carboxylic acids is 1. The van der Waals surface area contributed by atoms with Crippen LogP contribution in [0.4, 0.5) is 0 Å². The Balaban J connectivity index is 0.00000158. The van der Waals surface area contributed by atoms with E-state index in [4.69, 9.17) is 14.2 Å². The monoisotopic (exact) mass is 548 g/mol. The molecule has 0 amide bonds. The molecule has 4 nitrogen and oxygen atoms in total. The molecule has 0 N–H and O–H groups in total. The highest BCUT2D eigenvalue weighted by Crippen LogP contribution is 2.67. The van der Waals surface area contributed by atoms with Gasteiger partial charge < -0.3 is 14.2 Å². The standard InChI is InChI=1S/C34H46O4.C2H6/c1-5-6-17-36-31-12-11-30-32(3)15-13-26-22-34(37-18-19-38-34)16-14-28(26)29(32)20-27(21-33(30,31)4)25-9-7-24(8-10-25)23(2)35;1-2/h5,7-10,26-27,30-31H,1,6,11-22H2,2-4H3;1-2H3. The molecule has 5 aliphatic rings. The minimum absolute atomic E-state index is 0.128. The number of hydrogen-bond donors (Lipinski definition) is 0. The SMILES string of the molecule is C=CCCOC1CCC2C3(C)CCC4CC5(CCC4=C3CC(c3ccc(C(C)=O)cc3)CC12C)OCCO5.CC. The van der Waals surface area contributed by atoms with Crippen molar-refractivity contribution in [3.05, 3.63) is 59.2 Å². The minimum atomic E-state index is -0.332. The average Bonchev–Trinajstić information content (AvgIpc) is 3.52. The van der Waals surface area contributed by atoms with Gasteiger partial charge in [-0.15, -0.1) is 6.58 Å². The van der Waals surface area contributed by atoms with E-state index < -0.39 is 0 Å². The van der Waals surface area contributed by atoms with E-state index >= 15 is 0 Å². The lowest BCUT2D eigenvalue weighted by atomic mass is 9.55. The Labute approximate surface area is 242 Å². The summed E-state index contributed by atoms with van der Waals surface area (Å²) in [5.74, 6) is 1.45. The molecule has 4 aliphatic carbocycles. The molecular weight excluding hydrogens is 496 g/mol. The molecule has 0 radical (unpaired) electrons. The highest BCUT2D eigenvalue weighted by atomic mass is 16.7. The molecule has 6 atom stereocenters. The van der Waals surface area contributed by atoms with Crippen molar-refractivity contribution >= 4 is 5.78 Å². The number of fused-ring (bicyclic) bond motifs is 4. The lowest BCUT2D eigenvalue weighted by Gasteiger charge is -2.51. The predicted molar refractivity (Wildman–Crippen MR) is 161 cm³/mol. The van der Waals surface area contributed by atoms with E-state index in [1.165, 1.54) is 24.8 Å². The quantitative estimate of drug-likeness (QED) is 0.202. The van der Waals surface area contributed by atoms with Crippen LogP contribution >= 0.6 is 0 Å². The van der Waals surface area contributed by atoms with Crippen LogP contribution in [0.25, 0.3) is 0 Å². The molecule has 4 fully saturated rings. The molecule has 1 saturated heterocycles. The van der Waals surface area contributed by atoms with Crippen molar-refractivity contribution in [3.8, 4) is 0 Å². The van der Waals surface area contributed by atoms with E-state index in [-0.39, 0.29) is 22.4 Å². The van der Waals surface area contributed by atoms with Crippen LogP contribution in [0.1, 0.15) is 121 Å². The van der Waals surface area contributed by atoms with Crippen molar-refractivity contribution in [1.82, 2.24) is 0 Å². The summed E-state index contributed by atoms with van der Waals surface area (Å²) >= 11 is 0. The third-order valence-corrected chi connectivity index (χ3v) is 11.3. The summed E-state index contributed by atoms with van der Waals surface area (Å²) in [5, 5.41) is 0. The number of benzene rings is 1. The van der Waals surface area contributed by atoms with Gasteiger partial charge in [-0.1, -0.05) is 69.2 Å². The Morgan fingerprint density at radius 3 is 2.42 bits per heavy atom. The lowest BCUT2D eigenvalue weighted by molar-refractivity contribution is -0.182. The first-order valence-corrected chi connectivity index (χ1v) is 16.1. The fraction of sp³-hybridized carbons (Fsp3) is 0.694. The Kier molecular flexibility index (Phi) is 8.81. The number of ketones is 1. The number of hydrogen-bond acceptors (Lipinski definition) is 4. The summed E-state index contributed by atoms with van der Waals surface area (Å²) in [6.07, 6.45) is 13.5. The van der Waals surface area contributed by atoms with Crippen LogP contribution in [-0.2, 0) is 14.2 Å². The molecule has 6 rings (SSSR count). The predicted octanol–water partition coefficient (Wildman–Crippen LogP) is 8.81. The Hall–Kier alpha value is -1.75. The zero-order valence-electron chi connectivity index (χ0n) is 25.7. The van der Waals surface area contributed by atoms with Crippen LogP contribution in [0, 0.1) is 22.7 Å². The smallest absolute Gasteiger partial charge is 0.169 e. The molecule has 40 heavy (non-hydrogen) atoms. The van der Waals surface area contributed by atoms with Gasteiger partial charge in [0.25, 0.3) is 0 Å². The van der Waals surface area contributed by atoms with Gasteiger partial charge in [0.1, 0.15) is 0 Å². The topological polar surface area (TPSA) is 44.8 Å². The second kappa shape index (κ2) is 11.9. The summed E-state index contributed by atoms with van der Waals surface area (Å²) in [5.41, 5.74) is 6.00. The number of allylic oxidation sites excluding steroid dienone is 2. The molecule has 6 unspecified atom stereocenters. The molecule has 4 heteroatoms. The van der Waals surface area contributed by atoms with Gasteiger partial charge in [-0.25, -0.2) is 0 Å². The molecule has 1 aromatic carbocycles. The molecule has 0 aromatic heterocycles. The van der Waals surface area contributed by atoms with Crippen molar-refractivity contribution in [2.75, 3.05) is 19.8 Å². The zero-order chi connectivity index (χ0) is 28.5. The molecule has 0 bridgehead atoms. The van der Waals surface area contributed by atoms with Crippen molar-refractivity contribution in [1.29, 1.82) is 0 Å². The number of carbonyl (C=O) groups is 1. The van der Waals surface area contributed by atoms with Crippen LogP contribution in [0.15, 0.2) is 48.1 Å². The third-order valence-electron chi connectivity index (χ3n) is 11.3. The van der Waals surface area contributed by atoms with Gasteiger partial charge in [0, 0.05) is 18.4 Å². The van der Waals surface area contributed by atoms with E-state index in [9.17, 15) is 4.79 Å². The first kappa shape index (κ1) is 29.7. The summed E-state index contributed by atoms with van der Waals surface area (Å²) < 4.78 is 19.0. The Bertz CT molecular complexity index is 1100. The van der Waals surface area contributed by atoms with E-state index in [0.29, 0.717) is 23.9 Å². The van der Waals surface area contributed by atoms with Crippen LogP contribution in [0.3, 0.4) is 0 Å². The maximum Gasteiger partial charge on any atom is 0.169 e. The number of rotatable bonds is 6. The molecule has 220 valence electrons. The minimum Gasteiger partial charge on any atom is -0.377 e. The van der Waals surface area contributed by atoms with Crippen molar-refractivity contribution in [3.63, 3.8) is 0 Å². The van der Waals surface area contributed by atoms with Gasteiger partial charge in [0.15, 0.2) is 11.6 Å². The van der Waals surface area contributed by atoms with Crippen LogP contribution < -0.4 is 0 Å². The zero-order valence-corrected chi connectivity index (χ0v) is 25.7. The van der Waals surface area contributed by atoms with Gasteiger partial charge in [-0.3, -0.25) is 4.79 Å². The summed E-state index contributed by atoms with van der Waals surface area (Å²) in [4.78, 5) is 12.0. The summed E-state index contributed by atoms with van der Waals surface area (Å²) in [7, 11) is 0. The van der Waals surface area contributed by atoms with Crippen molar-refractivity contribution in [2.45, 2.75) is 117 Å². The molecule has 1 heterocycles. The van der Waals surface area contributed by atoms with Crippen molar-refractivity contribution < 1.29 is 19.0 Å². The highest BCUT2D eigenvalue weighted by molar-refractivity contribution is 5.94. The van der Waals surface area contributed by atoms with Gasteiger partial charge in [-0.05, 0) is 92.4 Å². The Morgan fingerprint density at radius 2 is 1.75 bits per heavy atom. The third kappa shape index (κ3) is 5.18. The van der Waals surface area contributed by atoms with Gasteiger partial charge in [0.05, 0.1) is 25.9 Å².